The van der Waals surface area contributed by atoms with E-state index in [1.165, 1.54) is 23.8 Å². The molecule has 0 fully saturated rings. The summed E-state index contributed by atoms with van der Waals surface area (Å²) in [6, 6.07) is 2.14. The highest BCUT2D eigenvalue weighted by atomic mass is 32.1. The van der Waals surface area contributed by atoms with Gasteiger partial charge in [-0.2, -0.15) is 18.2 Å². The van der Waals surface area contributed by atoms with E-state index in [1.807, 2.05) is 0 Å². The molecule has 0 atom stereocenters. The number of thiophene rings is 1. The van der Waals surface area contributed by atoms with Gasteiger partial charge >= 0.3 is 12.2 Å². The Hall–Kier alpha value is -2.42. The lowest BCUT2D eigenvalue weighted by atomic mass is 10.3. The average Bonchev–Trinajstić information content (AvgIpc) is 2.87. The number of nitrogens with one attached hydrogen (secondary N) is 1. The van der Waals surface area contributed by atoms with E-state index < -0.39 is 16.6 Å². The Kier molecular flexibility index (Phi) is 3.13. The fourth-order valence-corrected chi connectivity index (χ4v) is 2.33. The number of hydrogen-bond donors (Lipinski definition) is 1. The minimum atomic E-state index is -4.43. The van der Waals surface area contributed by atoms with Gasteiger partial charge in [-0.15, -0.1) is 11.3 Å². The molecule has 0 unspecified atom stereocenters. The van der Waals surface area contributed by atoms with Gasteiger partial charge in [0.15, 0.2) is 0 Å². The van der Waals surface area contributed by atoms with Crippen LogP contribution in [0, 0.1) is 0 Å². The van der Waals surface area contributed by atoms with Gasteiger partial charge < -0.3 is 4.74 Å². The summed E-state index contributed by atoms with van der Waals surface area (Å²) in [7, 11) is 0. The first-order valence-electron chi connectivity index (χ1n) is 5.61. The number of aromatic nitrogens is 3. The molecule has 108 valence electrons. The fourth-order valence-electron chi connectivity index (χ4n) is 1.65. The largest absolute Gasteiger partial charge is 0.425 e. The highest BCUT2D eigenvalue weighted by molar-refractivity contribution is 7.10. The van der Waals surface area contributed by atoms with E-state index in [9.17, 15) is 18.0 Å². The number of nitrogens with zero attached hydrogens (tertiary/aromatic N) is 2. The van der Waals surface area contributed by atoms with Crippen molar-refractivity contribution in [2.24, 2.45) is 0 Å². The van der Waals surface area contributed by atoms with E-state index in [0.29, 0.717) is 22.2 Å². The molecule has 3 aromatic heterocycles. The number of ether oxygens (including phenoxy) is 1. The van der Waals surface area contributed by atoms with Crippen LogP contribution in [0.4, 0.5) is 13.2 Å². The summed E-state index contributed by atoms with van der Waals surface area (Å²) in [6.45, 7) is 0. The van der Waals surface area contributed by atoms with Crippen molar-refractivity contribution in [2.75, 3.05) is 0 Å². The Balaban J connectivity index is 1.95. The van der Waals surface area contributed by atoms with Gasteiger partial charge in [-0.25, -0.2) is 0 Å². The minimum Gasteiger partial charge on any atom is -0.425 e. The Labute approximate surface area is 119 Å². The molecule has 1 N–H and O–H groups in total. The van der Waals surface area contributed by atoms with Crippen molar-refractivity contribution >= 4 is 22.2 Å². The van der Waals surface area contributed by atoms with Gasteiger partial charge in [0.1, 0.15) is 10.6 Å². The molecule has 3 rings (SSSR count). The second-order valence-electron chi connectivity index (χ2n) is 4.01. The third-order valence-corrected chi connectivity index (χ3v) is 3.51. The number of fused-ring (bicyclic) bond motifs is 1. The second kappa shape index (κ2) is 4.85. The number of pyridine rings is 1. The normalized spacial score (nSPS) is 11.8. The van der Waals surface area contributed by atoms with Crippen LogP contribution in [0.25, 0.3) is 10.9 Å². The molecule has 0 bridgehead atoms. The SMILES string of the molecule is O=c1[nH]c(Oc2csc(C(F)(F)F)c2)nc2cnccc12. The standard InChI is InChI=1S/C12H6F3N3O2S/c13-12(14,15)9-3-6(5-21-9)20-11-17-8-4-16-2-1-7(8)10(19)18-11/h1-5H,(H,17,18,19). The fraction of sp³-hybridized carbons (Fsp3) is 0.0833. The predicted octanol–water partition coefficient (Wildman–Crippen LogP) is 3.19. The third-order valence-electron chi connectivity index (χ3n) is 2.56. The summed E-state index contributed by atoms with van der Waals surface area (Å²) < 4.78 is 42.6. The first-order chi connectivity index (χ1) is 9.93. The van der Waals surface area contributed by atoms with Crippen molar-refractivity contribution in [3.05, 3.63) is 45.1 Å². The molecule has 3 aromatic rings. The van der Waals surface area contributed by atoms with E-state index in [4.69, 9.17) is 4.74 Å². The quantitative estimate of drug-likeness (QED) is 0.789. The van der Waals surface area contributed by atoms with E-state index >= 15 is 0 Å². The summed E-state index contributed by atoms with van der Waals surface area (Å²) in [6.07, 6.45) is -1.62. The maximum absolute atomic E-state index is 12.5. The van der Waals surface area contributed by atoms with Gasteiger partial charge in [-0.05, 0) is 6.07 Å². The number of halogens is 3. The maximum atomic E-state index is 12.5. The highest BCUT2D eigenvalue weighted by Crippen LogP contribution is 2.37. The molecule has 0 radical (unpaired) electrons. The molecule has 9 heteroatoms. The number of rotatable bonds is 2. The molecule has 0 aliphatic heterocycles. The lowest BCUT2D eigenvalue weighted by Crippen LogP contribution is -2.09. The maximum Gasteiger partial charge on any atom is 0.425 e. The molecule has 0 aliphatic rings. The van der Waals surface area contributed by atoms with Crippen LogP contribution >= 0.6 is 11.3 Å². The lowest BCUT2D eigenvalue weighted by molar-refractivity contribution is -0.134. The van der Waals surface area contributed by atoms with Gasteiger partial charge in [0, 0.05) is 17.6 Å². The van der Waals surface area contributed by atoms with Crippen molar-refractivity contribution in [1.82, 2.24) is 15.0 Å². The van der Waals surface area contributed by atoms with Gasteiger partial charge in [0.05, 0.1) is 17.1 Å². The second-order valence-corrected chi connectivity index (χ2v) is 4.92. The summed E-state index contributed by atoms with van der Waals surface area (Å²) in [5.41, 5.74) is -0.161. The van der Waals surface area contributed by atoms with Crippen molar-refractivity contribution in [2.45, 2.75) is 6.18 Å². The number of alkyl halides is 3. The monoisotopic (exact) mass is 313 g/mol. The number of aromatic amines is 1. The minimum absolute atomic E-state index is 0.0429. The summed E-state index contributed by atoms with van der Waals surface area (Å²) >= 11 is 0.501. The molecule has 0 spiro atoms. The molecule has 0 amide bonds. The van der Waals surface area contributed by atoms with Gasteiger partial charge in [-0.3, -0.25) is 14.8 Å². The first-order valence-corrected chi connectivity index (χ1v) is 6.49. The van der Waals surface area contributed by atoms with Gasteiger partial charge in [-0.1, -0.05) is 0 Å². The Morgan fingerprint density at radius 1 is 1.33 bits per heavy atom. The first kappa shape index (κ1) is 13.6. The Morgan fingerprint density at radius 2 is 2.14 bits per heavy atom. The zero-order chi connectivity index (χ0) is 15.0. The van der Waals surface area contributed by atoms with Crippen LogP contribution in [-0.2, 0) is 6.18 Å². The van der Waals surface area contributed by atoms with E-state index in [-0.39, 0.29) is 11.8 Å². The highest BCUT2D eigenvalue weighted by Gasteiger charge is 2.32. The average molecular weight is 313 g/mol. The van der Waals surface area contributed by atoms with E-state index in [2.05, 4.69) is 15.0 Å². The van der Waals surface area contributed by atoms with Crippen LogP contribution in [-0.4, -0.2) is 15.0 Å². The Bertz CT molecular complexity index is 857. The van der Waals surface area contributed by atoms with Gasteiger partial charge in [0.25, 0.3) is 5.56 Å². The van der Waals surface area contributed by atoms with Crippen LogP contribution in [0.3, 0.4) is 0 Å². The molecule has 0 aromatic carbocycles. The Morgan fingerprint density at radius 3 is 2.86 bits per heavy atom. The van der Waals surface area contributed by atoms with Crippen molar-refractivity contribution in [1.29, 1.82) is 0 Å². The van der Waals surface area contributed by atoms with Crippen LogP contribution in [0.5, 0.6) is 11.8 Å². The summed E-state index contributed by atoms with van der Waals surface area (Å²) in [5.74, 6) is -0.0429. The smallest absolute Gasteiger partial charge is 0.425 e. The zero-order valence-electron chi connectivity index (χ0n) is 10.1. The van der Waals surface area contributed by atoms with Crippen LogP contribution in [0.1, 0.15) is 4.88 Å². The third kappa shape index (κ3) is 2.72. The van der Waals surface area contributed by atoms with Crippen molar-refractivity contribution < 1.29 is 17.9 Å². The van der Waals surface area contributed by atoms with Crippen molar-refractivity contribution in [3.8, 4) is 11.8 Å². The van der Waals surface area contributed by atoms with E-state index in [1.54, 1.807) is 0 Å². The molecule has 3 heterocycles. The molecular weight excluding hydrogens is 307 g/mol. The molecule has 21 heavy (non-hydrogen) atoms. The molecule has 0 saturated carbocycles. The molecule has 0 aliphatic carbocycles. The molecule has 0 saturated heterocycles. The molecule has 5 nitrogen and oxygen atoms in total. The zero-order valence-corrected chi connectivity index (χ0v) is 11.0. The number of H-pyrrole nitrogens is 1. The summed E-state index contributed by atoms with van der Waals surface area (Å²) in [5, 5.41) is 1.51. The van der Waals surface area contributed by atoms with Crippen LogP contribution < -0.4 is 10.3 Å². The topological polar surface area (TPSA) is 67.9 Å². The van der Waals surface area contributed by atoms with Crippen LogP contribution in [0.15, 0.2) is 34.7 Å². The number of hydrogen-bond acceptors (Lipinski definition) is 5. The molecular formula is C12H6F3N3O2S. The summed E-state index contributed by atoms with van der Waals surface area (Å²) in [4.78, 5) is 21.1. The van der Waals surface area contributed by atoms with E-state index in [0.717, 1.165) is 6.07 Å². The van der Waals surface area contributed by atoms with Crippen LogP contribution in [0.2, 0.25) is 0 Å². The lowest BCUT2D eigenvalue weighted by Gasteiger charge is -2.03. The van der Waals surface area contributed by atoms with Crippen molar-refractivity contribution in [3.63, 3.8) is 0 Å². The van der Waals surface area contributed by atoms with Gasteiger partial charge in [0.2, 0.25) is 0 Å². The predicted molar refractivity (Wildman–Crippen MR) is 69.6 cm³/mol.